The summed E-state index contributed by atoms with van der Waals surface area (Å²) in [5, 5.41) is 5.89. The van der Waals surface area contributed by atoms with E-state index in [0.717, 1.165) is 17.7 Å². The van der Waals surface area contributed by atoms with Crippen molar-refractivity contribution in [2.24, 2.45) is 0 Å². The molecule has 33 heavy (non-hydrogen) atoms. The number of hydrogen-bond donors (Lipinski definition) is 2. The lowest BCUT2D eigenvalue weighted by Crippen LogP contribution is -2.27. The van der Waals surface area contributed by atoms with Crippen LogP contribution in [-0.2, 0) is 4.74 Å². The SMILES string of the molecule is CCCC(=O)c1cc(C)c(Nc2ncccc2-c2cc(NC(=O)OC(C)(C)C)ncn2)cn1. The van der Waals surface area contributed by atoms with Crippen LogP contribution in [0.15, 0.2) is 43.0 Å². The largest absolute Gasteiger partial charge is 0.444 e. The zero-order chi connectivity index (χ0) is 24.0. The van der Waals surface area contributed by atoms with Gasteiger partial charge in [0.1, 0.15) is 29.3 Å². The van der Waals surface area contributed by atoms with Crippen molar-refractivity contribution in [3.8, 4) is 11.3 Å². The van der Waals surface area contributed by atoms with Gasteiger partial charge in [-0.15, -0.1) is 0 Å². The third-order valence-electron chi connectivity index (χ3n) is 4.51. The second kappa shape index (κ2) is 10.2. The van der Waals surface area contributed by atoms with E-state index in [0.29, 0.717) is 35.0 Å². The van der Waals surface area contributed by atoms with Crippen molar-refractivity contribution >= 4 is 29.2 Å². The molecule has 9 heteroatoms. The molecule has 0 bridgehead atoms. The van der Waals surface area contributed by atoms with Crippen LogP contribution in [0.2, 0.25) is 0 Å². The van der Waals surface area contributed by atoms with Crippen molar-refractivity contribution < 1.29 is 14.3 Å². The zero-order valence-electron chi connectivity index (χ0n) is 19.5. The number of anilines is 3. The molecule has 3 aromatic heterocycles. The lowest BCUT2D eigenvalue weighted by atomic mass is 10.1. The Morgan fingerprint density at radius 1 is 1.09 bits per heavy atom. The van der Waals surface area contributed by atoms with Crippen molar-refractivity contribution in [1.29, 1.82) is 0 Å². The van der Waals surface area contributed by atoms with Gasteiger partial charge in [-0.1, -0.05) is 6.92 Å². The summed E-state index contributed by atoms with van der Waals surface area (Å²) in [6, 6.07) is 7.07. The zero-order valence-corrected chi connectivity index (χ0v) is 19.5. The summed E-state index contributed by atoms with van der Waals surface area (Å²) in [5.74, 6) is 0.884. The summed E-state index contributed by atoms with van der Waals surface area (Å²) in [7, 11) is 0. The fourth-order valence-electron chi connectivity index (χ4n) is 3.01. The molecule has 0 fully saturated rings. The highest BCUT2D eigenvalue weighted by Crippen LogP contribution is 2.29. The van der Waals surface area contributed by atoms with Gasteiger partial charge in [-0.2, -0.15) is 0 Å². The molecule has 0 aliphatic heterocycles. The van der Waals surface area contributed by atoms with Gasteiger partial charge in [0.2, 0.25) is 0 Å². The number of carbonyl (C=O) groups is 2. The quantitative estimate of drug-likeness (QED) is 0.466. The number of nitrogens with one attached hydrogen (secondary N) is 2. The van der Waals surface area contributed by atoms with Gasteiger partial charge in [-0.05, 0) is 57.9 Å². The number of pyridine rings is 2. The molecule has 0 radical (unpaired) electrons. The van der Waals surface area contributed by atoms with Gasteiger partial charge in [0.25, 0.3) is 0 Å². The van der Waals surface area contributed by atoms with E-state index in [4.69, 9.17) is 4.74 Å². The number of Topliss-reactive ketones (excluding diaryl/α,β-unsaturated/α-hetero) is 1. The Morgan fingerprint density at radius 2 is 1.88 bits per heavy atom. The molecule has 0 aromatic carbocycles. The highest BCUT2D eigenvalue weighted by Gasteiger charge is 2.17. The molecular formula is C24H28N6O3. The summed E-state index contributed by atoms with van der Waals surface area (Å²) >= 11 is 0. The second-order valence-corrected chi connectivity index (χ2v) is 8.50. The number of aryl methyl sites for hydroxylation is 1. The van der Waals surface area contributed by atoms with Gasteiger partial charge in [0.05, 0.1) is 17.6 Å². The number of carbonyl (C=O) groups excluding carboxylic acids is 2. The first-order valence-corrected chi connectivity index (χ1v) is 10.7. The summed E-state index contributed by atoms with van der Waals surface area (Å²) in [5.41, 5.74) is 2.70. The van der Waals surface area contributed by atoms with E-state index in [-0.39, 0.29) is 5.78 Å². The smallest absolute Gasteiger partial charge is 0.413 e. The third-order valence-corrected chi connectivity index (χ3v) is 4.51. The number of rotatable bonds is 7. The number of nitrogens with zero attached hydrogens (tertiary/aromatic N) is 4. The maximum absolute atomic E-state index is 12.1. The highest BCUT2D eigenvalue weighted by atomic mass is 16.6. The Labute approximate surface area is 193 Å². The predicted octanol–water partition coefficient (Wildman–Crippen LogP) is 5.32. The van der Waals surface area contributed by atoms with Crippen molar-refractivity contribution in [3.05, 3.63) is 54.2 Å². The van der Waals surface area contributed by atoms with Crippen LogP contribution in [0.1, 0.15) is 56.6 Å². The molecule has 0 aliphatic carbocycles. The standard InChI is InChI=1S/C24H28N6O3/c1-6-8-20(31)18-11-15(2)19(13-26-18)29-22-16(9-7-10-25-22)17-12-21(28-14-27-17)30-23(32)33-24(3,4)5/h7,9-14H,6,8H2,1-5H3,(H,25,29)(H,27,28,30,32). The molecule has 3 heterocycles. The summed E-state index contributed by atoms with van der Waals surface area (Å²) in [4.78, 5) is 41.4. The van der Waals surface area contributed by atoms with E-state index in [1.165, 1.54) is 6.33 Å². The van der Waals surface area contributed by atoms with Gasteiger partial charge >= 0.3 is 6.09 Å². The molecule has 172 valence electrons. The third kappa shape index (κ3) is 6.55. The predicted molar refractivity (Wildman–Crippen MR) is 127 cm³/mol. The van der Waals surface area contributed by atoms with Crippen molar-refractivity contribution in [1.82, 2.24) is 19.9 Å². The van der Waals surface area contributed by atoms with Crippen LogP contribution >= 0.6 is 0 Å². The van der Waals surface area contributed by atoms with Gasteiger partial charge in [-0.25, -0.2) is 19.7 Å². The van der Waals surface area contributed by atoms with Crippen LogP contribution in [0, 0.1) is 6.92 Å². The molecule has 3 rings (SSSR count). The van der Waals surface area contributed by atoms with Crippen molar-refractivity contribution in [2.45, 2.75) is 53.1 Å². The highest BCUT2D eigenvalue weighted by molar-refractivity contribution is 5.94. The molecule has 0 spiro atoms. The molecule has 2 N–H and O–H groups in total. The first-order valence-electron chi connectivity index (χ1n) is 10.7. The average molecular weight is 449 g/mol. The van der Waals surface area contributed by atoms with E-state index >= 15 is 0 Å². The van der Waals surface area contributed by atoms with Gasteiger partial charge < -0.3 is 10.1 Å². The average Bonchev–Trinajstić information content (AvgIpc) is 2.74. The summed E-state index contributed by atoms with van der Waals surface area (Å²) in [6.45, 7) is 9.23. The number of hydrogen-bond acceptors (Lipinski definition) is 8. The summed E-state index contributed by atoms with van der Waals surface area (Å²) in [6.07, 6.45) is 5.30. The number of ether oxygens (including phenoxy) is 1. The van der Waals surface area contributed by atoms with Gasteiger partial charge in [0, 0.05) is 24.2 Å². The molecule has 0 unspecified atom stereocenters. The van der Waals surface area contributed by atoms with E-state index in [9.17, 15) is 9.59 Å². The normalized spacial score (nSPS) is 11.1. The van der Waals surface area contributed by atoms with Crippen LogP contribution in [0.3, 0.4) is 0 Å². The summed E-state index contributed by atoms with van der Waals surface area (Å²) < 4.78 is 5.28. The molecule has 3 aromatic rings. The Kier molecular flexibility index (Phi) is 7.32. The fourth-order valence-corrected chi connectivity index (χ4v) is 3.01. The Morgan fingerprint density at radius 3 is 2.58 bits per heavy atom. The monoisotopic (exact) mass is 448 g/mol. The fraction of sp³-hybridized carbons (Fsp3) is 0.333. The Bertz CT molecular complexity index is 1160. The number of ketones is 1. The minimum atomic E-state index is -0.622. The molecule has 0 saturated heterocycles. The van der Waals surface area contributed by atoms with Gasteiger partial charge in [0.15, 0.2) is 5.78 Å². The van der Waals surface area contributed by atoms with E-state index in [2.05, 4.69) is 30.6 Å². The van der Waals surface area contributed by atoms with Crippen LogP contribution in [0.5, 0.6) is 0 Å². The Hall–Kier alpha value is -3.88. The minimum Gasteiger partial charge on any atom is -0.444 e. The van der Waals surface area contributed by atoms with Crippen molar-refractivity contribution in [3.63, 3.8) is 0 Å². The Balaban J connectivity index is 1.84. The lowest BCUT2D eigenvalue weighted by molar-refractivity contribution is 0.0635. The second-order valence-electron chi connectivity index (χ2n) is 8.50. The molecule has 0 aliphatic rings. The topological polar surface area (TPSA) is 119 Å². The van der Waals surface area contributed by atoms with E-state index in [1.54, 1.807) is 51.4 Å². The van der Waals surface area contributed by atoms with Gasteiger partial charge in [-0.3, -0.25) is 15.1 Å². The van der Waals surface area contributed by atoms with Crippen LogP contribution < -0.4 is 10.6 Å². The van der Waals surface area contributed by atoms with E-state index < -0.39 is 11.7 Å². The number of aromatic nitrogens is 4. The molecule has 1 amide bonds. The first-order chi connectivity index (χ1) is 15.7. The molecule has 9 nitrogen and oxygen atoms in total. The first kappa shape index (κ1) is 23.8. The molecule has 0 atom stereocenters. The maximum atomic E-state index is 12.1. The molecular weight excluding hydrogens is 420 g/mol. The van der Waals surface area contributed by atoms with E-state index in [1.807, 2.05) is 19.9 Å². The van der Waals surface area contributed by atoms with Crippen LogP contribution in [0.25, 0.3) is 11.3 Å². The number of amides is 1. The lowest BCUT2D eigenvalue weighted by Gasteiger charge is -2.19. The van der Waals surface area contributed by atoms with Crippen molar-refractivity contribution in [2.75, 3.05) is 10.6 Å². The van der Waals surface area contributed by atoms with Crippen LogP contribution in [-0.4, -0.2) is 37.4 Å². The minimum absolute atomic E-state index is 0.0247. The van der Waals surface area contributed by atoms with Crippen LogP contribution in [0.4, 0.5) is 22.1 Å². The maximum Gasteiger partial charge on any atom is 0.413 e. The molecule has 0 saturated carbocycles.